The molecule has 0 saturated carbocycles. The van der Waals surface area contributed by atoms with Crippen LogP contribution in [0.5, 0.6) is 0 Å². The van der Waals surface area contributed by atoms with Crippen molar-refractivity contribution in [1.82, 2.24) is 10.2 Å². The molecule has 0 aromatic heterocycles. The first-order valence-electron chi connectivity index (χ1n) is 5.61. The van der Waals surface area contributed by atoms with Gasteiger partial charge in [0, 0.05) is 25.7 Å². The van der Waals surface area contributed by atoms with Crippen LogP contribution in [0.15, 0.2) is 0 Å². The Kier molecular flexibility index (Phi) is 3.73. The second kappa shape index (κ2) is 4.49. The molecule has 2 atom stereocenters. The first-order valence-corrected chi connectivity index (χ1v) is 5.61. The molecule has 1 amide bonds. The number of amides is 1. The SMILES string of the molecule is CC1C(=O)NCCN1C(CN)C(C)(C)C. The van der Waals surface area contributed by atoms with Crippen LogP contribution < -0.4 is 11.1 Å². The molecule has 2 unspecified atom stereocenters. The third-order valence-electron chi connectivity index (χ3n) is 3.17. The van der Waals surface area contributed by atoms with Gasteiger partial charge < -0.3 is 11.1 Å². The second-order valence-electron chi connectivity index (χ2n) is 5.32. The average Bonchev–Trinajstić information content (AvgIpc) is 2.11. The summed E-state index contributed by atoms with van der Waals surface area (Å²) in [4.78, 5) is 13.8. The summed E-state index contributed by atoms with van der Waals surface area (Å²) in [6.45, 7) is 10.7. The molecule has 1 rings (SSSR count). The van der Waals surface area contributed by atoms with Crippen LogP contribution in [0.2, 0.25) is 0 Å². The van der Waals surface area contributed by atoms with Crippen LogP contribution in [0.4, 0.5) is 0 Å². The Morgan fingerprint density at radius 2 is 2.20 bits per heavy atom. The Labute approximate surface area is 92.2 Å². The third kappa shape index (κ3) is 2.69. The van der Waals surface area contributed by atoms with Gasteiger partial charge in [-0.05, 0) is 12.3 Å². The zero-order valence-electron chi connectivity index (χ0n) is 10.2. The number of piperazine rings is 1. The normalized spacial score (nSPS) is 26.2. The minimum absolute atomic E-state index is 0.0634. The minimum Gasteiger partial charge on any atom is -0.353 e. The summed E-state index contributed by atoms with van der Waals surface area (Å²) in [5.74, 6) is 0.115. The van der Waals surface area contributed by atoms with Gasteiger partial charge in [0.05, 0.1) is 6.04 Å². The zero-order chi connectivity index (χ0) is 11.6. The van der Waals surface area contributed by atoms with Gasteiger partial charge in [0.15, 0.2) is 0 Å². The molecule has 88 valence electrons. The highest BCUT2D eigenvalue weighted by Gasteiger charge is 2.36. The van der Waals surface area contributed by atoms with E-state index in [1.54, 1.807) is 0 Å². The van der Waals surface area contributed by atoms with Crippen LogP contribution in [-0.2, 0) is 4.79 Å². The summed E-state index contributed by atoms with van der Waals surface area (Å²) < 4.78 is 0. The maximum atomic E-state index is 11.6. The van der Waals surface area contributed by atoms with Crippen molar-refractivity contribution in [2.75, 3.05) is 19.6 Å². The molecule has 1 aliphatic rings. The highest BCUT2D eigenvalue weighted by molar-refractivity contribution is 5.82. The van der Waals surface area contributed by atoms with E-state index in [-0.39, 0.29) is 23.4 Å². The van der Waals surface area contributed by atoms with Gasteiger partial charge in [0.1, 0.15) is 0 Å². The largest absolute Gasteiger partial charge is 0.353 e. The van der Waals surface area contributed by atoms with Gasteiger partial charge in [-0.3, -0.25) is 9.69 Å². The fraction of sp³-hybridized carbons (Fsp3) is 0.909. The molecule has 0 aromatic carbocycles. The van der Waals surface area contributed by atoms with Crippen molar-refractivity contribution >= 4 is 5.91 Å². The molecule has 1 saturated heterocycles. The van der Waals surface area contributed by atoms with Crippen LogP contribution in [0.3, 0.4) is 0 Å². The van der Waals surface area contributed by atoms with E-state index < -0.39 is 0 Å². The van der Waals surface area contributed by atoms with Gasteiger partial charge in [0.2, 0.25) is 5.91 Å². The predicted molar refractivity (Wildman–Crippen MR) is 61.5 cm³/mol. The van der Waals surface area contributed by atoms with Crippen molar-refractivity contribution in [3.05, 3.63) is 0 Å². The molecule has 0 aliphatic carbocycles. The van der Waals surface area contributed by atoms with E-state index in [9.17, 15) is 4.79 Å². The van der Waals surface area contributed by atoms with Crippen LogP contribution in [0, 0.1) is 5.41 Å². The van der Waals surface area contributed by atoms with Crippen LogP contribution in [0.1, 0.15) is 27.7 Å². The van der Waals surface area contributed by atoms with E-state index in [0.29, 0.717) is 6.54 Å². The smallest absolute Gasteiger partial charge is 0.237 e. The third-order valence-corrected chi connectivity index (χ3v) is 3.17. The van der Waals surface area contributed by atoms with E-state index in [4.69, 9.17) is 5.73 Å². The number of hydrogen-bond acceptors (Lipinski definition) is 3. The average molecular weight is 213 g/mol. The molecule has 0 bridgehead atoms. The van der Waals surface area contributed by atoms with Gasteiger partial charge in [-0.1, -0.05) is 20.8 Å². The summed E-state index contributed by atoms with van der Waals surface area (Å²) in [7, 11) is 0. The number of rotatable bonds is 2. The highest BCUT2D eigenvalue weighted by Crippen LogP contribution is 2.25. The first-order chi connectivity index (χ1) is 6.88. The molecule has 3 N–H and O–H groups in total. The van der Waals surface area contributed by atoms with Crippen molar-refractivity contribution < 1.29 is 4.79 Å². The van der Waals surface area contributed by atoms with Crippen LogP contribution >= 0.6 is 0 Å². The number of nitrogens with one attached hydrogen (secondary N) is 1. The van der Waals surface area contributed by atoms with Crippen molar-refractivity contribution in [2.45, 2.75) is 39.8 Å². The van der Waals surface area contributed by atoms with Crippen LogP contribution in [-0.4, -0.2) is 42.5 Å². The topological polar surface area (TPSA) is 58.4 Å². The number of carbonyl (C=O) groups excluding carboxylic acids is 1. The zero-order valence-corrected chi connectivity index (χ0v) is 10.2. The van der Waals surface area contributed by atoms with Gasteiger partial charge >= 0.3 is 0 Å². The standard InChI is InChI=1S/C11H23N3O/c1-8-10(15)13-5-6-14(8)9(7-12)11(2,3)4/h8-9H,5-7,12H2,1-4H3,(H,13,15). The summed E-state index contributed by atoms with van der Waals surface area (Å²) >= 11 is 0. The Bertz CT molecular complexity index is 234. The number of nitrogens with two attached hydrogens (primary N) is 1. The Morgan fingerprint density at radius 3 is 2.67 bits per heavy atom. The first kappa shape index (κ1) is 12.5. The summed E-state index contributed by atoms with van der Waals surface area (Å²) in [6, 6.07) is 0.199. The summed E-state index contributed by atoms with van der Waals surface area (Å²) in [6.07, 6.45) is 0. The summed E-state index contributed by atoms with van der Waals surface area (Å²) in [5.41, 5.74) is 5.94. The van der Waals surface area contributed by atoms with E-state index in [0.717, 1.165) is 13.1 Å². The van der Waals surface area contributed by atoms with Crippen molar-refractivity contribution in [2.24, 2.45) is 11.1 Å². The Balaban J connectivity index is 2.79. The van der Waals surface area contributed by atoms with E-state index in [1.165, 1.54) is 0 Å². The van der Waals surface area contributed by atoms with Gasteiger partial charge in [-0.2, -0.15) is 0 Å². The van der Waals surface area contributed by atoms with E-state index in [1.807, 2.05) is 6.92 Å². The lowest BCUT2D eigenvalue weighted by molar-refractivity contribution is -0.130. The fourth-order valence-electron chi connectivity index (χ4n) is 2.21. The lowest BCUT2D eigenvalue weighted by atomic mass is 9.84. The molecule has 1 aliphatic heterocycles. The fourth-order valence-corrected chi connectivity index (χ4v) is 2.21. The second-order valence-corrected chi connectivity index (χ2v) is 5.32. The van der Waals surface area contributed by atoms with E-state index >= 15 is 0 Å². The molecule has 1 fully saturated rings. The molecule has 4 heteroatoms. The highest BCUT2D eigenvalue weighted by atomic mass is 16.2. The summed E-state index contributed by atoms with van der Waals surface area (Å²) in [5, 5.41) is 2.87. The molecule has 1 heterocycles. The molecule has 0 spiro atoms. The van der Waals surface area contributed by atoms with Crippen molar-refractivity contribution in [1.29, 1.82) is 0 Å². The maximum Gasteiger partial charge on any atom is 0.237 e. The van der Waals surface area contributed by atoms with Gasteiger partial charge in [-0.25, -0.2) is 0 Å². The molecule has 0 aromatic rings. The Morgan fingerprint density at radius 1 is 1.60 bits per heavy atom. The maximum absolute atomic E-state index is 11.6. The van der Waals surface area contributed by atoms with E-state index in [2.05, 4.69) is 31.0 Å². The van der Waals surface area contributed by atoms with Crippen molar-refractivity contribution in [3.63, 3.8) is 0 Å². The number of nitrogens with zero attached hydrogens (tertiary/aromatic N) is 1. The lowest BCUT2D eigenvalue weighted by Crippen LogP contribution is -2.61. The number of carbonyl (C=O) groups is 1. The monoisotopic (exact) mass is 213 g/mol. The number of hydrogen-bond donors (Lipinski definition) is 2. The lowest BCUT2D eigenvalue weighted by Gasteiger charge is -2.44. The van der Waals surface area contributed by atoms with Gasteiger partial charge in [0.25, 0.3) is 0 Å². The molecular weight excluding hydrogens is 190 g/mol. The molecule has 0 radical (unpaired) electrons. The minimum atomic E-state index is -0.0634. The molecule has 4 nitrogen and oxygen atoms in total. The Hall–Kier alpha value is -0.610. The van der Waals surface area contributed by atoms with Gasteiger partial charge in [-0.15, -0.1) is 0 Å². The molecule has 15 heavy (non-hydrogen) atoms. The molecular formula is C11H23N3O. The van der Waals surface area contributed by atoms with Crippen LogP contribution in [0.25, 0.3) is 0 Å². The predicted octanol–water partition coefficient (Wildman–Crippen LogP) is 0.180. The quantitative estimate of drug-likeness (QED) is 0.688. The van der Waals surface area contributed by atoms with Crippen molar-refractivity contribution in [3.8, 4) is 0 Å².